The predicted molar refractivity (Wildman–Crippen MR) is 115 cm³/mol. The predicted octanol–water partition coefficient (Wildman–Crippen LogP) is 4.56. The van der Waals surface area contributed by atoms with E-state index in [4.69, 9.17) is 22.4 Å². The second-order valence-electron chi connectivity index (χ2n) is 6.54. The van der Waals surface area contributed by atoms with E-state index >= 15 is 0 Å². The normalized spacial score (nSPS) is 14.4. The van der Waals surface area contributed by atoms with E-state index in [1.165, 1.54) is 41.0 Å². The Morgan fingerprint density at radius 2 is 1.26 bits per heavy atom. The van der Waals surface area contributed by atoms with Gasteiger partial charge in [-0.15, -0.1) is 0 Å². The van der Waals surface area contributed by atoms with Gasteiger partial charge in [0.1, 0.15) is 28.4 Å². The van der Waals surface area contributed by atoms with Crippen LogP contribution in [0.2, 0.25) is 0 Å². The van der Waals surface area contributed by atoms with Gasteiger partial charge in [-0.1, -0.05) is 24.3 Å². The van der Waals surface area contributed by atoms with Crippen molar-refractivity contribution in [1.29, 1.82) is 0 Å². The average molecular weight is 477 g/mol. The summed E-state index contributed by atoms with van der Waals surface area (Å²) in [5.74, 6) is 4.45. The van der Waals surface area contributed by atoms with Crippen LogP contribution in [-0.4, -0.2) is 44.2 Å². The molecule has 0 unspecified atom stereocenters. The van der Waals surface area contributed by atoms with Crippen LogP contribution in [-0.2, 0) is 21.0 Å². The molecule has 1 aliphatic heterocycles. The molecule has 0 atom stereocenters. The van der Waals surface area contributed by atoms with Crippen molar-refractivity contribution < 1.29 is 35.6 Å². The maximum absolute atomic E-state index is 10.7. The number of ether oxygens (including phenoxy) is 2. The molecule has 1 aliphatic rings. The fraction of sp³-hybridized carbons (Fsp3) is 0.333. The Hall–Kier alpha value is -2.17. The minimum absolute atomic E-state index is 0.403. The topological polar surface area (TPSA) is 75.7 Å². The zero-order valence-electron chi connectivity index (χ0n) is 17.0. The Morgan fingerprint density at radius 1 is 0.903 bits per heavy atom. The van der Waals surface area contributed by atoms with Crippen LogP contribution in [0.15, 0.2) is 53.9 Å². The Balaban J connectivity index is 0.000000366. The average Bonchev–Trinajstić information content (AvgIpc) is 3.25. The minimum atomic E-state index is -6.09. The van der Waals surface area contributed by atoms with Gasteiger partial charge in [0.05, 0.1) is 14.2 Å². The van der Waals surface area contributed by atoms with Crippen molar-refractivity contribution in [1.82, 2.24) is 0 Å². The van der Waals surface area contributed by atoms with Gasteiger partial charge in [0, 0.05) is 16.5 Å². The van der Waals surface area contributed by atoms with Gasteiger partial charge in [-0.25, -0.2) is 8.42 Å². The summed E-state index contributed by atoms with van der Waals surface area (Å²) >= 11 is 0. The van der Waals surface area contributed by atoms with Crippen LogP contribution in [0.1, 0.15) is 24.0 Å². The van der Waals surface area contributed by atoms with Crippen LogP contribution in [0.5, 0.6) is 11.5 Å². The van der Waals surface area contributed by atoms with Gasteiger partial charge in [0.2, 0.25) is 0 Å². The quantitative estimate of drug-likeness (QED) is 0.359. The highest BCUT2D eigenvalue weighted by molar-refractivity contribution is 8.00. The fourth-order valence-electron chi connectivity index (χ4n) is 2.81. The fourth-order valence-corrected chi connectivity index (χ4v) is 5.00. The molecule has 5 nitrogen and oxygen atoms in total. The number of hydrogen-bond acceptors (Lipinski definition) is 5. The maximum Gasteiger partial charge on any atom is 0.485 e. The molecule has 0 aromatic heterocycles. The molecule has 0 N–H and O–H groups in total. The lowest BCUT2D eigenvalue weighted by Crippen LogP contribution is -2.21. The van der Waals surface area contributed by atoms with Crippen molar-refractivity contribution in [3.05, 3.63) is 65.1 Å². The highest BCUT2D eigenvalue weighted by Crippen LogP contribution is 2.30. The molecule has 0 bridgehead atoms. The number of benzene rings is 2. The lowest BCUT2D eigenvalue weighted by atomic mass is 9.99. The van der Waals surface area contributed by atoms with E-state index in [1.807, 2.05) is 24.3 Å². The van der Waals surface area contributed by atoms with Crippen molar-refractivity contribution in [3.8, 4) is 11.5 Å². The van der Waals surface area contributed by atoms with Crippen molar-refractivity contribution in [2.75, 3.05) is 25.7 Å². The van der Waals surface area contributed by atoms with E-state index < -0.39 is 15.6 Å². The van der Waals surface area contributed by atoms with Gasteiger partial charge in [-0.05, 0) is 48.2 Å². The highest BCUT2D eigenvalue weighted by atomic mass is 32.2. The van der Waals surface area contributed by atoms with Crippen LogP contribution in [0.3, 0.4) is 0 Å². The van der Waals surface area contributed by atoms with Crippen LogP contribution in [0.4, 0.5) is 13.2 Å². The smallest absolute Gasteiger partial charge is 0.485 e. The zero-order valence-corrected chi connectivity index (χ0v) is 18.6. The first-order valence-electron chi connectivity index (χ1n) is 9.24. The Labute approximate surface area is 183 Å². The van der Waals surface area contributed by atoms with E-state index in [0.717, 1.165) is 11.5 Å². The molecule has 3 rings (SSSR count). The first-order chi connectivity index (χ1) is 14.5. The molecular weight excluding hydrogens is 453 g/mol. The van der Waals surface area contributed by atoms with E-state index in [-0.39, 0.29) is 0 Å². The van der Waals surface area contributed by atoms with Crippen LogP contribution in [0.25, 0.3) is 5.57 Å². The molecule has 1 fully saturated rings. The summed E-state index contributed by atoms with van der Waals surface area (Å²) in [6.45, 7) is 0. The zero-order chi connectivity index (χ0) is 23.1. The number of hydrogen-bond donors (Lipinski definition) is 0. The number of halogens is 3. The summed E-state index contributed by atoms with van der Waals surface area (Å²) in [6.07, 6.45) is 2.72. The first kappa shape index (κ1) is 25.1. The molecule has 0 radical (unpaired) electrons. The number of methoxy groups -OCH3 is 2. The molecule has 1 saturated heterocycles. The van der Waals surface area contributed by atoms with E-state index in [2.05, 4.69) is 29.7 Å². The number of rotatable bonds is 5. The SMILES string of the molecule is COc1ccc(C(=C[S+]2CCCC2)c2ccc(OC)cc2)cc1.O=S(=O)([O-])C(F)(F)F. The second kappa shape index (κ2) is 10.9. The summed E-state index contributed by atoms with van der Waals surface area (Å²) < 4.78 is 69.5. The van der Waals surface area contributed by atoms with Gasteiger partial charge >= 0.3 is 5.51 Å². The van der Waals surface area contributed by atoms with Gasteiger partial charge in [0.15, 0.2) is 10.1 Å². The third kappa shape index (κ3) is 7.48. The largest absolute Gasteiger partial charge is 0.741 e. The van der Waals surface area contributed by atoms with Gasteiger partial charge in [-0.2, -0.15) is 13.2 Å². The molecule has 0 aliphatic carbocycles. The Bertz CT molecular complexity index is 914. The van der Waals surface area contributed by atoms with Crippen LogP contribution < -0.4 is 9.47 Å². The summed E-state index contributed by atoms with van der Waals surface area (Å²) in [5, 5.41) is 2.48. The Kier molecular flexibility index (Phi) is 8.84. The second-order valence-corrected chi connectivity index (χ2v) is 10.0. The van der Waals surface area contributed by atoms with E-state index in [1.54, 1.807) is 14.2 Å². The molecule has 0 amide bonds. The standard InChI is InChI=1S/C20H23O2S.CHF3O3S/c1-21-18-9-5-16(6-10-18)20(15-23-13-3-4-14-23)17-7-11-19(22-2)12-8-17;2-1(3,4)8(5,6)7/h5-12,15H,3-4,13-14H2,1-2H3;(H,5,6,7)/q+1;/p-1. The minimum Gasteiger partial charge on any atom is -0.741 e. The van der Waals surface area contributed by atoms with E-state index in [9.17, 15) is 13.2 Å². The van der Waals surface area contributed by atoms with Crippen molar-refractivity contribution in [2.24, 2.45) is 0 Å². The third-order valence-electron chi connectivity index (χ3n) is 4.43. The van der Waals surface area contributed by atoms with Crippen LogP contribution >= 0.6 is 0 Å². The van der Waals surface area contributed by atoms with Crippen molar-refractivity contribution >= 4 is 26.6 Å². The lowest BCUT2D eigenvalue weighted by Gasteiger charge is -2.09. The van der Waals surface area contributed by atoms with Gasteiger partial charge in [-0.3, -0.25) is 0 Å². The first-order valence-corrected chi connectivity index (χ1v) is 12.3. The monoisotopic (exact) mass is 476 g/mol. The Morgan fingerprint density at radius 3 is 1.55 bits per heavy atom. The lowest BCUT2D eigenvalue weighted by molar-refractivity contribution is -0.0517. The van der Waals surface area contributed by atoms with Crippen molar-refractivity contribution in [2.45, 2.75) is 18.3 Å². The molecule has 31 heavy (non-hydrogen) atoms. The molecule has 10 heteroatoms. The third-order valence-corrected chi connectivity index (χ3v) is 7.20. The number of alkyl halides is 3. The highest BCUT2D eigenvalue weighted by Gasteiger charge is 2.36. The summed E-state index contributed by atoms with van der Waals surface area (Å²) in [4.78, 5) is 0. The van der Waals surface area contributed by atoms with Gasteiger partial charge in [0.25, 0.3) is 0 Å². The molecule has 0 saturated carbocycles. The summed E-state index contributed by atoms with van der Waals surface area (Å²) in [5.41, 5.74) is -1.83. The summed E-state index contributed by atoms with van der Waals surface area (Å²) in [7, 11) is -2.28. The van der Waals surface area contributed by atoms with Crippen LogP contribution in [0, 0.1) is 0 Å². The molecule has 2 aromatic carbocycles. The summed E-state index contributed by atoms with van der Waals surface area (Å²) in [6, 6.07) is 16.7. The molecular formula is C21H23F3O5S2. The van der Waals surface area contributed by atoms with Gasteiger partial charge < -0.3 is 14.0 Å². The maximum atomic E-state index is 10.7. The van der Waals surface area contributed by atoms with Crippen molar-refractivity contribution in [3.63, 3.8) is 0 Å². The molecule has 2 aromatic rings. The molecule has 0 spiro atoms. The molecule has 1 heterocycles. The molecule has 170 valence electrons. The van der Waals surface area contributed by atoms with E-state index in [0.29, 0.717) is 10.9 Å².